The Hall–Kier alpha value is 0.844. The summed E-state index contributed by atoms with van der Waals surface area (Å²) in [4.78, 5) is 0. The molecule has 0 aliphatic heterocycles. The minimum absolute atomic E-state index is 0. The fourth-order valence-corrected chi connectivity index (χ4v) is 0. The molecule has 0 fully saturated rings. The molecule has 1 heteroatoms. The topological polar surface area (TPSA) is 0 Å². The van der Waals surface area contributed by atoms with Crippen LogP contribution in [0.15, 0.2) is 6.58 Å². The Morgan fingerprint density at radius 3 is 1.83 bits per heavy atom. The standard InChI is InChI=1S/C4H7.CH3.Y/c1-3-4-2;;/h1,4H2,2H3;1H3;/q2*-1;. The average Bonchev–Trinajstić information content (AvgIpc) is 1.37. The molecule has 0 N–H and O–H groups in total. The van der Waals surface area contributed by atoms with Gasteiger partial charge in [-0.1, -0.05) is 6.92 Å². The second kappa shape index (κ2) is 17.0. The molecule has 0 aliphatic carbocycles. The third-order valence-corrected chi connectivity index (χ3v) is 0.250. The van der Waals surface area contributed by atoms with E-state index in [2.05, 4.69) is 12.7 Å². The maximum atomic E-state index is 3.35. The molecule has 0 atom stereocenters. The number of hydrogen-bond acceptors (Lipinski definition) is 0. The van der Waals surface area contributed by atoms with E-state index in [1.165, 1.54) is 0 Å². The molecule has 0 aliphatic rings. The van der Waals surface area contributed by atoms with Gasteiger partial charge in [0.15, 0.2) is 0 Å². The zero-order valence-electron chi connectivity index (χ0n) is 4.49. The minimum atomic E-state index is 0. The molecule has 0 bridgehead atoms. The van der Waals surface area contributed by atoms with Crippen LogP contribution in [0.3, 0.4) is 0 Å². The molecular formula is C5H10Y-2. The molecule has 0 aromatic carbocycles. The van der Waals surface area contributed by atoms with Gasteiger partial charge in [0, 0.05) is 32.7 Å². The second-order valence-corrected chi connectivity index (χ2v) is 0.604. The van der Waals surface area contributed by atoms with Gasteiger partial charge in [-0.3, -0.25) is 6.58 Å². The Morgan fingerprint density at radius 1 is 1.67 bits per heavy atom. The van der Waals surface area contributed by atoms with Gasteiger partial charge in [0.2, 0.25) is 0 Å². The Labute approximate surface area is 65.9 Å². The van der Waals surface area contributed by atoms with E-state index >= 15 is 0 Å². The summed E-state index contributed by atoms with van der Waals surface area (Å²) in [7, 11) is 0. The summed E-state index contributed by atoms with van der Waals surface area (Å²) in [6.07, 6.45) is 3.64. The van der Waals surface area contributed by atoms with Crippen LogP contribution in [0.1, 0.15) is 13.3 Å². The fourth-order valence-electron chi connectivity index (χ4n) is 0. The first-order valence-corrected chi connectivity index (χ1v) is 1.41. The van der Waals surface area contributed by atoms with Crippen molar-refractivity contribution in [3.63, 3.8) is 0 Å². The molecule has 0 unspecified atom stereocenters. The van der Waals surface area contributed by atoms with Crippen molar-refractivity contribution in [3.05, 3.63) is 20.1 Å². The molecule has 0 rings (SSSR count). The van der Waals surface area contributed by atoms with Gasteiger partial charge in [-0.25, -0.2) is 0 Å². The Balaban J connectivity index is -0.0000000450. The number of allylic oxidation sites excluding steroid dienone is 1. The van der Waals surface area contributed by atoms with Crippen LogP contribution in [0.5, 0.6) is 0 Å². The van der Waals surface area contributed by atoms with Crippen LogP contribution < -0.4 is 0 Å². The van der Waals surface area contributed by atoms with Crippen molar-refractivity contribution in [2.75, 3.05) is 0 Å². The first-order chi connectivity index (χ1) is 1.91. The minimum Gasteiger partial charge on any atom is -0.504 e. The molecule has 0 nitrogen and oxygen atoms in total. The third kappa shape index (κ3) is 21.1. The third-order valence-electron chi connectivity index (χ3n) is 0.250. The van der Waals surface area contributed by atoms with Gasteiger partial charge in [0.25, 0.3) is 0 Å². The zero-order valence-corrected chi connectivity index (χ0v) is 7.33. The molecule has 0 heterocycles. The summed E-state index contributed by atoms with van der Waals surface area (Å²) in [6, 6.07) is 0. The van der Waals surface area contributed by atoms with Crippen LogP contribution in [0.2, 0.25) is 0 Å². The van der Waals surface area contributed by atoms with Crippen molar-refractivity contribution in [1.29, 1.82) is 0 Å². The van der Waals surface area contributed by atoms with Crippen LogP contribution in [-0.4, -0.2) is 0 Å². The first-order valence-electron chi connectivity index (χ1n) is 1.41. The van der Waals surface area contributed by atoms with E-state index in [0.29, 0.717) is 0 Å². The molecule has 0 aromatic rings. The molecule has 0 saturated heterocycles. The van der Waals surface area contributed by atoms with Gasteiger partial charge in [-0.05, 0) is 0 Å². The van der Waals surface area contributed by atoms with E-state index < -0.39 is 0 Å². The largest absolute Gasteiger partial charge is 0.504 e. The Kier molecular flexibility index (Phi) is 44.7. The van der Waals surface area contributed by atoms with Crippen LogP contribution in [0.4, 0.5) is 0 Å². The molecule has 1 radical (unpaired) electrons. The normalized spacial score (nSPS) is 4.17. The van der Waals surface area contributed by atoms with E-state index in [1.54, 1.807) is 0 Å². The second-order valence-electron chi connectivity index (χ2n) is 0.604. The van der Waals surface area contributed by atoms with E-state index in [9.17, 15) is 0 Å². The molecule has 0 aromatic heterocycles. The summed E-state index contributed by atoms with van der Waals surface area (Å²) in [5.41, 5.74) is 0. The summed E-state index contributed by atoms with van der Waals surface area (Å²) >= 11 is 0. The van der Waals surface area contributed by atoms with Gasteiger partial charge >= 0.3 is 0 Å². The maximum Gasteiger partial charge on any atom is 0 e. The number of hydrogen-bond donors (Lipinski definition) is 0. The quantitative estimate of drug-likeness (QED) is 0.512. The summed E-state index contributed by atoms with van der Waals surface area (Å²) in [5.74, 6) is 0. The van der Waals surface area contributed by atoms with Crippen molar-refractivity contribution in [1.82, 2.24) is 0 Å². The molecule has 6 heavy (non-hydrogen) atoms. The SMILES string of the molecule is C=[C-]CC.[CH3-].[Y]. The van der Waals surface area contributed by atoms with Gasteiger partial charge in [0.1, 0.15) is 0 Å². The van der Waals surface area contributed by atoms with E-state index in [1.807, 2.05) is 6.92 Å². The van der Waals surface area contributed by atoms with Crippen LogP contribution >= 0.6 is 0 Å². The van der Waals surface area contributed by atoms with Crippen molar-refractivity contribution in [2.24, 2.45) is 0 Å². The molecule has 0 saturated carbocycles. The molecular weight excluding hydrogens is 149 g/mol. The molecule has 0 amide bonds. The zero-order chi connectivity index (χ0) is 3.41. The van der Waals surface area contributed by atoms with Crippen LogP contribution in [0.25, 0.3) is 0 Å². The van der Waals surface area contributed by atoms with Gasteiger partial charge < -0.3 is 13.5 Å². The maximum absolute atomic E-state index is 3.35. The predicted molar refractivity (Wildman–Crippen MR) is 25.6 cm³/mol. The van der Waals surface area contributed by atoms with E-state index in [4.69, 9.17) is 0 Å². The Bertz CT molecular complexity index is 17.9. The molecule has 35 valence electrons. The Morgan fingerprint density at radius 2 is 1.83 bits per heavy atom. The fraction of sp³-hybridized carbons (Fsp3) is 0.400. The summed E-state index contributed by atoms with van der Waals surface area (Å²) in [6.45, 7) is 5.36. The predicted octanol–water partition coefficient (Wildman–Crippen LogP) is 1.83. The molecule has 0 spiro atoms. The summed E-state index contributed by atoms with van der Waals surface area (Å²) in [5, 5.41) is 0. The number of rotatable bonds is 1. The van der Waals surface area contributed by atoms with Crippen LogP contribution in [0, 0.1) is 13.5 Å². The van der Waals surface area contributed by atoms with Gasteiger partial charge in [-0.2, -0.15) is 6.42 Å². The van der Waals surface area contributed by atoms with Crippen LogP contribution in [-0.2, 0) is 32.7 Å². The van der Waals surface area contributed by atoms with Crippen molar-refractivity contribution in [3.8, 4) is 0 Å². The van der Waals surface area contributed by atoms with Gasteiger partial charge in [-0.15, -0.1) is 0 Å². The first kappa shape index (κ1) is 15.8. The van der Waals surface area contributed by atoms with E-state index in [-0.39, 0.29) is 40.1 Å². The van der Waals surface area contributed by atoms with Crippen molar-refractivity contribution in [2.45, 2.75) is 13.3 Å². The van der Waals surface area contributed by atoms with E-state index in [0.717, 1.165) is 6.42 Å². The van der Waals surface area contributed by atoms with Crippen molar-refractivity contribution >= 4 is 0 Å². The van der Waals surface area contributed by atoms with Crippen molar-refractivity contribution < 1.29 is 32.7 Å². The summed E-state index contributed by atoms with van der Waals surface area (Å²) < 4.78 is 0. The van der Waals surface area contributed by atoms with Gasteiger partial charge in [0.05, 0.1) is 0 Å². The monoisotopic (exact) mass is 159 g/mol. The smallest absolute Gasteiger partial charge is 0 e. The average molecular weight is 159 g/mol.